The maximum Gasteiger partial charge on any atom is 0.410 e. The average Bonchev–Trinajstić information content (AvgIpc) is 3.39. The Morgan fingerprint density at radius 3 is 2.25 bits per heavy atom. The van der Waals surface area contributed by atoms with Gasteiger partial charge < -0.3 is 19.2 Å². The molecule has 0 bridgehead atoms. The maximum atomic E-state index is 14.3. The number of hydrogen-bond acceptors (Lipinski definition) is 7. The van der Waals surface area contributed by atoms with Crippen molar-refractivity contribution in [2.24, 2.45) is 0 Å². The van der Waals surface area contributed by atoms with Gasteiger partial charge in [-0.1, -0.05) is 66.7 Å². The fourth-order valence-corrected chi connectivity index (χ4v) is 7.06. The van der Waals surface area contributed by atoms with E-state index in [-0.39, 0.29) is 50.2 Å². The number of carbonyl (C=O) groups excluding carboxylic acids is 4. The summed E-state index contributed by atoms with van der Waals surface area (Å²) in [4.78, 5) is 58.6. The third-order valence-electron chi connectivity index (χ3n) is 9.80. The first kappa shape index (κ1) is 37.4. The molecular weight excluding hydrogens is 649 g/mol. The molecule has 2 aliphatic rings. The Kier molecular flexibility index (Phi) is 11.4. The van der Waals surface area contributed by atoms with Crippen molar-refractivity contribution in [3.05, 3.63) is 107 Å². The molecule has 2 amide bonds. The summed E-state index contributed by atoms with van der Waals surface area (Å²) in [6.45, 7) is 7.28. The predicted molar refractivity (Wildman–Crippen MR) is 194 cm³/mol. The van der Waals surface area contributed by atoms with Gasteiger partial charge in [0, 0.05) is 33.1 Å². The van der Waals surface area contributed by atoms with Crippen LogP contribution >= 0.6 is 0 Å². The number of hydrogen-bond donors (Lipinski definition) is 0. The van der Waals surface area contributed by atoms with Crippen molar-refractivity contribution in [1.82, 2.24) is 14.7 Å². The first-order valence-corrected chi connectivity index (χ1v) is 17.4. The van der Waals surface area contributed by atoms with Crippen molar-refractivity contribution in [1.29, 1.82) is 0 Å². The minimum atomic E-state index is -1.38. The summed E-state index contributed by atoms with van der Waals surface area (Å²) in [7, 11) is 3.09. The first-order valence-electron chi connectivity index (χ1n) is 17.4. The molecule has 1 heterocycles. The van der Waals surface area contributed by atoms with Crippen LogP contribution in [0, 0.1) is 12.7 Å². The molecule has 0 saturated carbocycles. The zero-order valence-electron chi connectivity index (χ0n) is 30.4. The quantitative estimate of drug-likeness (QED) is 0.139. The summed E-state index contributed by atoms with van der Waals surface area (Å²) < 4.78 is 25.5. The van der Waals surface area contributed by atoms with Crippen molar-refractivity contribution in [3.8, 4) is 11.1 Å². The number of fused-ring (bicyclic) bond motifs is 3. The Hall–Kier alpha value is -4.83. The lowest BCUT2D eigenvalue weighted by atomic mass is 9.90. The predicted octanol–water partition coefficient (Wildman–Crippen LogP) is 6.32. The van der Waals surface area contributed by atoms with Crippen molar-refractivity contribution in [2.75, 3.05) is 40.3 Å². The van der Waals surface area contributed by atoms with E-state index in [4.69, 9.17) is 9.47 Å². The highest BCUT2D eigenvalue weighted by atomic mass is 19.1. The Morgan fingerprint density at radius 2 is 1.65 bits per heavy atom. The fourth-order valence-electron chi connectivity index (χ4n) is 7.06. The van der Waals surface area contributed by atoms with E-state index < -0.39 is 29.2 Å². The highest BCUT2D eigenvalue weighted by Crippen LogP contribution is 2.44. The molecule has 270 valence electrons. The number of amides is 2. The molecule has 51 heavy (non-hydrogen) atoms. The summed E-state index contributed by atoms with van der Waals surface area (Å²) in [6, 6.07) is 19.7. The number of halogens is 1. The molecule has 0 saturated heterocycles. The molecular formula is C41H48FN3O6. The standard InChI is InChI=1S/C41H48FN3O6/c1-28-22-30(42)19-18-29(28)23-36(38(48)43(5)24-37(47)51-40(2,3)4)45-21-13-7-12-20-41(26-45,27-46)44(6)39(49)50-25-35-33-16-10-8-14-31(33)32-15-9-11-17-34(32)35/h7-12,14-19,22,27,35-36H,13,20-21,23-26H2,1-6H3/b12-7-/t36-,41+/m0/s1. The van der Waals surface area contributed by atoms with E-state index >= 15 is 0 Å². The third-order valence-corrected chi connectivity index (χ3v) is 9.80. The monoisotopic (exact) mass is 697 g/mol. The van der Waals surface area contributed by atoms with E-state index in [9.17, 15) is 23.6 Å². The second kappa shape index (κ2) is 15.6. The van der Waals surface area contributed by atoms with E-state index in [1.165, 1.54) is 29.0 Å². The Morgan fingerprint density at radius 1 is 1.00 bits per heavy atom. The van der Waals surface area contributed by atoms with E-state index in [1.54, 1.807) is 40.8 Å². The molecule has 1 aliphatic carbocycles. The minimum absolute atomic E-state index is 0.0263. The number of likely N-dealkylation sites (N-methyl/N-ethyl adjacent to an activating group) is 2. The van der Waals surface area contributed by atoms with Crippen molar-refractivity contribution < 1.29 is 33.0 Å². The van der Waals surface area contributed by atoms with E-state index in [0.717, 1.165) is 34.1 Å². The topological polar surface area (TPSA) is 96.5 Å². The molecule has 0 spiro atoms. The van der Waals surface area contributed by atoms with Crippen LogP contribution in [0.15, 0.2) is 78.9 Å². The molecule has 9 nitrogen and oxygen atoms in total. The highest BCUT2D eigenvalue weighted by Gasteiger charge is 2.43. The van der Waals surface area contributed by atoms with Crippen LogP contribution in [-0.2, 0) is 30.3 Å². The van der Waals surface area contributed by atoms with Gasteiger partial charge in [0.05, 0.1) is 6.04 Å². The molecule has 3 aromatic carbocycles. The second-order valence-electron chi connectivity index (χ2n) is 14.6. The van der Waals surface area contributed by atoms with Crippen LogP contribution in [0.4, 0.5) is 9.18 Å². The molecule has 2 atom stereocenters. The lowest BCUT2D eigenvalue weighted by Gasteiger charge is -2.43. The van der Waals surface area contributed by atoms with Gasteiger partial charge in [0.1, 0.15) is 36.4 Å². The van der Waals surface area contributed by atoms with Gasteiger partial charge in [-0.3, -0.25) is 19.4 Å². The van der Waals surface area contributed by atoms with Crippen LogP contribution in [-0.4, -0.2) is 96.5 Å². The number of nitrogens with zero attached hydrogens (tertiary/aromatic N) is 3. The fraction of sp³-hybridized carbons (Fsp3) is 0.415. The molecule has 0 aromatic heterocycles. The number of esters is 1. The zero-order chi connectivity index (χ0) is 36.9. The van der Waals surface area contributed by atoms with Crippen LogP contribution in [0.1, 0.15) is 61.8 Å². The van der Waals surface area contributed by atoms with Crippen LogP contribution < -0.4 is 0 Å². The zero-order valence-corrected chi connectivity index (χ0v) is 30.4. The van der Waals surface area contributed by atoms with Crippen LogP contribution in [0.2, 0.25) is 0 Å². The van der Waals surface area contributed by atoms with Crippen molar-refractivity contribution in [3.63, 3.8) is 0 Å². The van der Waals surface area contributed by atoms with Gasteiger partial charge in [-0.05, 0) is 92.5 Å². The smallest absolute Gasteiger partial charge is 0.410 e. The lowest BCUT2D eigenvalue weighted by molar-refractivity contribution is -0.159. The minimum Gasteiger partial charge on any atom is -0.459 e. The normalized spacial score (nSPS) is 18.7. The Labute approximate surface area is 300 Å². The average molecular weight is 698 g/mol. The molecule has 0 unspecified atom stereocenters. The maximum absolute atomic E-state index is 14.3. The van der Waals surface area contributed by atoms with Gasteiger partial charge in [0.25, 0.3) is 0 Å². The van der Waals surface area contributed by atoms with Crippen molar-refractivity contribution >= 4 is 24.3 Å². The molecule has 0 radical (unpaired) electrons. The van der Waals surface area contributed by atoms with E-state index in [1.807, 2.05) is 53.5 Å². The number of aryl methyl sites for hydroxylation is 1. The van der Waals surface area contributed by atoms with E-state index in [2.05, 4.69) is 12.1 Å². The summed E-state index contributed by atoms with van der Waals surface area (Å²) in [5.74, 6) is -1.46. The first-order chi connectivity index (χ1) is 24.2. The largest absolute Gasteiger partial charge is 0.459 e. The summed E-state index contributed by atoms with van der Waals surface area (Å²) in [6.07, 6.45) is 4.91. The molecule has 5 rings (SSSR count). The number of aldehydes is 1. The molecule has 3 aromatic rings. The number of carbonyl (C=O) groups is 4. The molecule has 0 fully saturated rings. The number of benzene rings is 3. The Balaban J connectivity index is 1.40. The number of ether oxygens (including phenoxy) is 2. The highest BCUT2D eigenvalue weighted by molar-refractivity contribution is 5.86. The second-order valence-corrected chi connectivity index (χ2v) is 14.6. The SMILES string of the molecule is Cc1cc(F)ccc1C[C@@H](C(=O)N(C)CC(=O)OC(C)(C)C)N1CC/C=C\C[C@@](C=O)(N(C)C(=O)OCC2c3ccccc3-c3ccccc32)C1. The number of rotatable bonds is 10. The van der Waals surface area contributed by atoms with Gasteiger partial charge in [-0.25, -0.2) is 9.18 Å². The molecule has 10 heteroatoms. The molecule has 1 aliphatic heterocycles. The third kappa shape index (κ3) is 8.56. The summed E-state index contributed by atoms with van der Waals surface area (Å²) >= 11 is 0. The van der Waals surface area contributed by atoms with Gasteiger partial charge in [-0.2, -0.15) is 0 Å². The molecule has 0 N–H and O–H groups in total. The van der Waals surface area contributed by atoms with Crippen LogP contribution in [0.5, 0.6) is 0 Å². The van der Waals surface area contributed by atoms with Gasteiger partial charge in [0.2, 0.25) is 5.91 Å². The van der Waals surface area contributed by atoms with Crippen LogP contribution in [0.25, 0.3) is 11.1 Å². The van der Waals surface area contributed by atoms with Gasteiger partial charge >= 0.3 is 12.1 Å². The van der Waals surface area contributed by atoms with Crippen LogP contribution in [0.3, 0.4) is 0 Å². The summed E-state index contributed by atoms with van der Waals surface area (Å²) in [5.41, 5.74) is 3.69. The summed E-state index contributed by atoms with van der Waals surface area (Å²) in [5, 5.41) is 0. The van der Waals surface area contributed by atoms with Gasteiger partial charge in [-0.15, -0.1) is 0 Å². The van der Waals surface area contributed by atoms with E-state index in [0.29, 0.717) is 18.5 Å². The van der Waals surface area contributed by atoms with Crippen molar-refractivity contribution in [2.45, 2.75) is 70.1 Å². The Bertz CT molecular complexity index is 1760. The van der Waals surface area contributed by atoms with Gasteiger partial charge in [0.15, 0.2) is 0 Å². The lowest BCUT2D eigenvalue weighted by Crippen LogP contribution is -2.61.